The molecule has 0 unspecified atom stereocenters. The second-order valence-electron chi connectivity index (χ2n) is 4.74. The smallest absolute Gasteiger partial charge is 0.341 e. The van der Waals surface area contributed by atoms with Crippen molar-refractivity contribution in [2.75, 3.05) is 11.9 Å². The van der Waals surface area contributed by atoms with Gasteiger partial charge in [0.1, 0.15) is 5.75 Å². The van der Waals surface area contributed by atoms with Gasteiger partial charge in [-0.25, -0.2) is 8.42 Å². The maximum Gasteiger partial charge on any atom is 0.341 e. The lowest BCUT2D eigenvalue weighted by molar-refractivity contribution is -0.118. The third-order valence-corrected chi connectivity index (χ3v) is 5.21. The first-order valence-corrected chi connectivity index (χ1v) is 9.41. The molecular formula is C15H11BrClF2NO4S. The number of sulfone groups is 1. The zero-order valence-electron chi connectivity index (χ0n) is 12.4. The normalized spacial score (nSPS) is 11.4. The Hall–Kier alpha value is -1.71. The molecule has 0 aliphatic rings. The molecule has 10 heteroatoms. The second kappa shape index (κ2) is 8.11. The molecule has 0 saturated heterocycles. The molecule has 0 aromatic heterocycles. The van der Waals surface area contributed by atoms with E-state index in [-0.39, 0.29) is 12.3 Å². The minimum atomic E-state index is -4.66. The molecule has 0 aliphatic heterocycles. The van der Waals surface area contributed by atoms with Gasteiger partial charge >= 0.3 is 5.76 Å². The third-order valence-electron chi connectivity index (χ3n) is 2.95. The van der Waals surface area contributed by atoms with E-state index in [1.165, 1.54) is 12.1 Å². The summed E-state index contributed by atoms with van der Waals surface area (Å²) >= 11 is 9.04. The summed E-state index contributed by atoms with van der Waals surface area (Å²) in [5, 5.41) is 2.97. The highest BCUT2D eigenvalue weighted by Gasteiger charge is 2.26. The van der Waals surface area contributed by atoms with Crippen molar-refractivity contribution < 1.29 is 26.7 Å². The van der Waals surface area contributed by atoms with Gasteiger partial charge in [-0.3, -0.25) is 4.79 Å². The molecule has 0 fully saturated rings. The van der Waals surface area contributed by atoms with Gasteiger partial charge in [0.2, 0.25) is 9.84 Å². The summed E-state index contributed by atoms with van der Waals surface area (Å²) in [6.07, 6.45) is 0. The number of amides is 1. The van der Waals surface area contributed by atoms with Crippen LogP contribution in [0.2, 0.25) is 5.02 Å². The van der Waals surface area contributed by atoms with Crippen LogP contribution in [0, 0.1) is 0 Å². The Kier molecular flexibility index (Phi) is 6.36. The molecule has 0 saturated carbocycles. The molecule has 0 heterocycles. The van der Waals surface area contributed by atoms with Crippen LogP contribution in [0.15, 0.2) is 51.8 Å². The Bertz CT molecular complexity index is 876. The number of anilines is 1. The van der Waals surface area contributed by atoms with Crippen LogP contribution in [0.4, 0.5) is 14.5 Å². The molecule has 134 valence electrons. The zero-order chi connectivity index (χ0) is 18.6. The predicted octanol–water partition coefficient (Wildman–Crippen LogP) is 4.12. The topological polar surface area (TPSA) is 72.5 Å². The number of nitrogens with one attached hydrogen (secondary N) is 1. The van der Waals surface area contributed by atoms with Gasteiger partial charge < -0.3 is 10.1 Å². The van der Waals surface area contributed by atoms with Gasteiger partial charge in [0, 0.05) is 10.7 Å². The highest BCUT2D eigenvalue weighted by atomic mass is 79.9. The van der Waals surface area contributed by atoms with Crippen molar-refractivity contribution in [3.8, 4) is 5.75 Å². The number of benzene rings is 2. The van der Waals surface area contributed by atoms with Crippen LogP contribution in [0.1, 0.15) is 0 Å². The van der Waals surface area contributed by atoms with Gasteiger partial charge in [-0.05, 0) is 58.4 Å². The van der Waals surface area contributed by atoms with Gasteiger partial charge in [0.05, 0.1) is 9.37 Å². The Balaban J connectivity index is 1.97. The fraction of sp³-hybridized carbons (Fsp3) is 0.133. The zero-order valence-corrected chi connectivity index (χ0v) is 15.5. The molecule has 0 spiro atoms. The van der Waals surface area contributed by atoms with E-state index >= 15 is 0 Å². The van der Waals surface area contributed by atoms with E-state index in [9.17, 15) is 22.0 Å². The van der Waals surface area contributed by atoms with Gasteiger partial charge in [0.15, 0.2) is 6.61 Å². The summed E-state index contributed by atoms with van der Waals surface area (Å²) < 4.78 is 53.4. The summed E-state index contributed by atoms with van der Waals surface area (Å²) in [6.45, 7) is -0.308. The molecule has 5 nitrogen and oxygen atoms in total. The minimum absolute atomic E-state index is 0.247. The molecule has 2 aromatic carbocycles. The predicted molar refractivity (Wildman–Crippen MR) is 92.9 cm³/mol. The Morgan fingerprint density at radius 1 is 1.20 bits per heavy atom. The van der Waals surface area contributed by atoms with E-state index in [0.29, 0.717) is 15.2 Å². The Labute approximate surface area is 156 Å². The number of ether oxygens (including phenoxy) is 1. The molecule has 2 rings (SSSR count). The molecule has 0 atom stereocenters. The number of alkyl halides is 2. The standard InChI is InChI=1S/C15H11BrClF2NO4S/c16-12-7-9(17)1-6-13(12)24-8-14(21)20-10-2-4-11(5-3-10)25(22,23)15(18)19/h1-7,15H,8H2,(H,20,21). The van der Waals surface area contributed by atoms with Gasteiger partial charge in [-0.1, -0.05) is 11.6 Å². The highest BCUT2D eigenvalue weighted by molar-refractivity contribution is 9.10. The highest BCUT2D eigenvalue weighted by Crippen LogP contribution is 2.28. The van der Waals surface area contributed by atoms with Crippen molar-refractivity contribution in [3.05, 3.63) is 52.0 Å². The average molecular weight is 455 g/mol. The van der Waals surface area contributed by atoms with Gasteiger partial charge in [-0.15, -0.1) is 0 Å². The van der Waals surface area contributed by atoms with E-state index < -0.39 is 26.4 Å². The summed E-state index contributed by atoms with van der Waals surface area (Å²) in [6, 6.07) is 9.21. The third kappa shape index (κ3) is 5.13. The van der Waals surface area contributed by atoms with E-state index in [2.05, 4.69) is 21.2 Å². The van der Waals surface area contributed by atoms with Crippen molar-refractivity contribution in [1.82, 2.24) is 0 Å². The first kappa shape index (κ1) is 19.6. The molecule has 2 aromatic rings. The monoisotopic (exact) mass is 453 g/mol. The van der Waals surface area contributed by atoms with Crippen molar-refractivity contribution >= 4 is 49.0 Å². The second-order valence-corrected chi connectivity index (χ2v) is 7.95. The number of hydrogen-bond acceptors (Lipinski definition) is 4. The number of hydrogen-bond donors (Lipinski definition) is 1. The molecule has 25 heavy (non-hydrogen) atoms. The molecule has 0 bridgehead atoms. The van der Waals surface area contributed by atoms with Crippen molar-refractivity contribution in [1.29, 1.82) is 0 Å². The minimum Gasteiger partial charge on any atom is -0.483 e. The van der Waals surface area contributed by atoms with Crippen LogP contribution in [-0.4, -0.2) is 26.7 Å². The van der Waals surface area contributed by atoms with Crippen LogP contribution in [0.25, 0.3) is 0 Å². The summed E-state index contributed by atoms with van der Waals surface area (Å²) in [4.78, 5) is 11.3. The Morgan fingerprint density at radius 2 is 1.84 bits per heavy atom. The lowest BCUT2D eigenvalue weighted by Crippen LogP contribution is -2.20. The number of carbonyl (C=O) groups excluding carboxylic acids is 1. The van der Waals surface area contributed by atoms with Crippen molar-refractivity contribution in [2.24, 2.45) is 0 Å². The molecular weight excluding hydrogens is 444 g/mol. The lowest BCUT2D eigenvalue weighted by Gasteiger charge is -2.10. The van der Waals surface area contributed by atoms with E-state index in [1.54, 1.807) is 18.2 Å². The van der Waals surface area contributed by atoms with Crippen LogP contribution < -0.4 is 10.1 Å². The number of halogens is 4. The summed E-state index contributed by atoms with van der Waals surface area (Å²) in [7, 11) is -4.66. The number of carbonyl (C=O) groups is 1. The van der Waals surface area contributed by atoms with E-state index in [4.69, 9.17) is 16.3 Å². The maximum absolute atomic E-state index is 12.4. The van der Waals surface area contributed by atoms with Crippen LogP contribution in [0.3, 0.4) is 0 Å². The lowest BCUT2D eigenvalue weighted by atomic mass is 10.3. The van der Waals surface area contributed by atoms with Crippen LogP contribution >= 0.6 is 27.5 Å². The maximum atomic E-state index is 12.4. The first-order valence-electron chi connectivity index (χ1n) is 6.70. The number of rotatable bonds is 6. The van der Waals surface area contributed by atoms with Crippen LogP contribution in [0.5, 0.6) is 5.75 Å². The summed E-state index contributed by atoms with van der Waals surface area (Å²) in [5.41, 5.74) is 0.247. The SMILES string of the molecule is O=C(COc1ccc(Cl)cc1Br)Nc1ccc(S(=O)(=O)C(F)F)cc1. The Morgan fingerprint density at radius 3 is 2.40 bits per heavy atom. The van der Waals surface area contributed by atoms with Crippen LogP contribution in [-0.2, 0) is 14.6 Å². The molecule has 1 N–H and O–H groups in total. The first-order chi connectivity index (χ1) is 11.7. The molecule has 1 amide bonds. The van der Waals surface area contributed by atoms with Crippen molar-refractivity contribution in [2.45, 2.75) is 10.7 Å². The quantitative estimate of drug-likeness (QED) is 0.713. The average Bonchev–Trinajstić information content (AvgIpc) is 2.54. The van der Waals surface area contributed by atoms with Gasteiger partial charge in [-0.2, -0.15) is 8.78 Å². The summed E-state index contributed by atoms with van der Waals surface area (Å²) in [5.74, 6) is -3.59. The molecule has 0 radical (unpaired) electrons. The fourth-order valence-corrected chi connectivity index (χ4v) is 3.28. The van der Waals surface area contributed by atoms with E-state index in [1.807, 2.05) is 0 Å². The molecule has 0 aliphatic carbocycles. The van der Waals surface area contributed by atoms with Gasteiger partial charge in [0.25, 0.3) is 5.91 Å². The fourth-order valence-electron chi connectivity index (χ4n) is 1.76. The van der Waals surface area contributed by atoms with Crippen molar-refractivity contribution in [3.63, 3.8) is 0 Å². The largest absolute Gasteiger partial charge is 0.483 e. The van der Waals surface area contributed by atoms with E-state index in [0.717, 1.165) is 12.1 Å².